The van der Waals surface area contributed by atoms with Gasteiger partial charge < -0.3 is 18.9 Å². The SMILES string of the molecule is CC(=O)OC(C)(C)C(=O)OC(C)C(C)(C)C.CCC(OC(=O)C(C)(C)OC(C)=O)C(C)C. The van der Waals surface area contributed by atoms with Crippen molar-refractivity contribution in [3.05, 3.63) is 0 Å². The fraction of sp³-hybridized carbons (Fsp3) is 0.833. The van der Waals surface area contributed by atoms with E-state index < -0.39 is 35.1 Å². The molecule has 0 radical (unpaired) electrons. The third-order valence-electron chi connectivity index (χ3n) is 4.69. The molecule has 0 heterocycles. The Morgan fingerprint density at radius 3 is 1.28 bits per heavy atom. The summed E-state index contributed by atoms with van der Waals surface area (Å²) in [6.07, 6.45) is 0.372. The number of hydrogen-bond donors (Lipinski definition) is 0. The van der Waals surface area contributed by atoms with Gasteiger partial charge in [0.2, 0.25) is 11.2 Å². The molecular weight excluding hydrogens is 416 g/mol. The first-order chi connectivity index (χ1) is 14.2. The highest BCUT2D eigenvalue weighted by atomic mass is 16.6. The van der Waals surface area contributed by atoms with Crippen LogP contribution in [0.4, 0.5) is 0 Å². The summed E-state index contributed by atoms with van der Waals surface area (Å²) in [5, 5.41) is 0. The maximum atomic E-state index is 11.8. The lowest BCUT2D eigenvalue weighted by atomic mass is 9.90. The van der Waals surface area contributed by atoms with Crippen LogP contribution in [0, 0.1) is 11.3 Å². The first kappa shape index (κ1) is 32.1. The van der Waals surface area contributed by atoms with E-state index in [0.717, 1.165) is 6.42 Å². The van der Waals surface area contributed by atoms with Crippen molar-refractivity contribution >= 4 is 23.9 Å². The van der Waals surface area contributed by atoms with Gasteiger partial charge in [-0.1, -0.05) is 41.5 Å². The first-order valence-electron chi connectivity index (χ1n) is 11.0. The maximum Gasteiger partial charge on any atom is 0.350 e. The van der Waals surface area contributed by atoms with Crippen molar-refractivity contribution in [2.75, 3.05) is 0 Å². The van der Waals surface area contributed by atoms with Crippen LogP contribution < -0.4 is 0 Å². The van der Waals surface area contributed by atoms with E-state index in [4.69, 9.17) is 18.9 Å². The minimum absolute atomic E-state index is 0.137. The van der Waals surface area contributed by atoms with E-state index in [0.29, 0.717) is 0 Å². The van der Waals surface area contributed by atoms with Gasteiger partial charge in [0.25, 0.3) is 0 Å². The number of carbonyl (C=O) groups excluding carboxylic acids is 4. The molecule has 32 heavy (non-hydrogen) atoms. The topological polar surface area (TPSA) is 105 Å². The second kappa shape index (κ2) is 12.8. The Morgan fingerprint density at radius 1 is 0.688 bits per heavy atom. The molecule has 2 unspecified atom stereocenters. The van der Waals surface area contributed by atoms with Crippen LogP contribution in [0.2, 0.25) is 0 Å². The summed E-state index contributed by atoms with van der Waals surface area (Å²) in [4.78, 5) is 45.2. The lowest BCUT2D eigenvalue weighted by molar-refractivity contribution is -0.184. The molecule has 8 heteroatoms. The molecule has 0 N–H and O–H groups in total. The van der Waals surface area contributed by atoms with Gasteiger partial charge in [-0.25, -0.2) is 9.59 Å². The Bertz CT molecular complexity index is 601. The largest absolute Gasteiger partial charge is 0.459 e. The number of carbonyl (C=O) groups is 4. The third-order valence-corrected chi connectivity index (χ3v) is 4.69. The predicted octanol–water partition coefficient (Wildman–Crippen LogP) is 4.61. The van der Waals surface area contributed by atoms with Crippen LogP contribution in [0.1, 0.15) is 96.4 Å². The van der Waals surface area contributed by atoms with Gasteiger partial charge in [0.15, 0.2) is 0 Å². The van der Waals surface area contributed by atoms with Gasteiger partial charge in [0, 0.05) is 13.8 Å². The lowest BCUT2D eigenvalue weighted by Crippen LogP contribution is -2.42. The fourth-order valence-electron chi connectivity index (χ4n) is 2.25. The number of ether oxygens (including phenoxy) is 4. The zero-order valence-electron chi connectivity index (χ0n) is 22.2. The van der Waals surface area contributed by atoms with Crippen LogP contribution in [-0.2, 0) is 38.1 Å². The fourth-order valence-corrected chi connectivity index (χ4v) is 2.25. The van der Waals surface area contributed by atoms with Crippen molar-refractivity contribution in [2.24, 2.45) is 11.3 Å². The summed E-state index contributed by atoms with van der Waals surface area (Å²) in [6.45, 7) is 22.3. The molecule has 0 aliphatic heterocycles. The number of rotatable bonds is 8. The molecular formula is C24H44O8. The van der Waals surface area contributed by atoms with Crippen molar-refractivity contribution in [1.29, 1.82) is 0 Å². The van der Waals surface area contributed by atoms with E-state index in [1.807, 2.05) is 48.5 Å². The van der Waals surface area contributed by atoms with Gasteiger partial charge in [-0.2, -0.15) is 0 Å². The Hall–Kier alpha value is -2.12. The standard InChI is InChI=1S/2C12H22O4/c1-8(11(3,4)5)15-10(14)12(6,7)16-9(2)13;1-7-10(8(2)3)15-11(14)12(5,6)16-9(4)13/h8H,1-7H3;8,10H,7H2,1-6H3. The molecule has 0 aromatic carbocycles. The van der Waals surface area contributed by atoms with Crippen LogP contribution in [0.15, 0.2) is 0 Å². The minimum Gasteiger partial charge on any atom is -0.459 e. The van der Waals surface area contributed by atoms with Crippen LogP contribution in [0.25, 0.3) is 0 Å². The molecule has 0 spiro atoms. The highest BCUT2D eigenvalue weighted by molar-refractivity contribution is 5.82. The van der Waals surface area contributed by atoms with Crippen LogP contribution in [0.3, 0.4) is 0 Å². The summed E-state index contributed by atoms with van der Waals surface area (Å²) in [5.41, 5.74) is -2.58. The quantitative estimate of drug-likeness (QED) is 0.382. The van der Waals surface area contributed by atoms with Crippen molar-refractivity contribution < 1.29 is 38.1 Å². The molecule has 188 valence electrons. The normalized spacial score (nSPS) is 13.8. The highest BCUT2D eigenvalue weighted by Crippen LogP contribution is 2.24. The molecule has 0 amide bonds. The Morgan fingerprint density at radius 2 is 1.03 bits per heavy atom. The number of hydrogen-bond acceptors (Lipinski definition) is 8. The van der Waals surface area contributed by atoms with Crippen LogP contribution >= 0.6 is 0 Å². The van der Waals surface area contributed by atoms with Crippen LogP contribution in [-0.4, -0.2) is 47.3 Å². The third kappa shape index (κ3) is 12.7. The molecule has 2 atom stereocenters. The number of esters is 4. The first-order valence-corrected chi connectivity index (χ1v) is 11.0. The molecule has 0 aliphatic rings. The molecule has 0 bridgehead atoms. The molecule has 0 fully saturated rings. The summed E-state index contributed by atoms with van der Waals surface area (Å²) in [6, 6.07) is 0. The molecule has 8 nitrogen and oxygen atoms in total. The predicted molar refractivity (Wildman–Crippen MR) is 122 cm³/mol. The van der Waals surface area contributed by atoms with Gasteiger partial charge in [0.05, 0.1) is 0 Å². The van der Waals surface area contributed by atoms with Gasteiger partial charge in [-0.3, -0.25) is 9.59 Å². The van der Waals surface area contributed by atoms with E-state index in [1.54, 1.807) is 0 Å². The second-order valence-corrected chi connectivity index (χ2v) is 10.2. The summed E-state index contributed by atoms with van der Waals surface area (Å²) in [5.74, 6) is -1.75. The van der Waals surface area contributed by atoms with E-state index in [9.17, 15) is 19.2 Å². The minimum atomic E-state index is -1.23. The van der Waals surface area contributed by atoms with Crippen LogP contribution in [0.5, 0.6) is 0 Å². The lowest BCUT2D eigenvalue weighted by Gasteiger charge is -2.30. The van der Waals surface area contributed by atoms with E-state index in [2.05, 4.69) is 0 Å². The average Bonchev–Trinajstić information content (AvgIpc) is 2.56. The molecule has 0 aliphatic carbocycles. The molecule has 0 aromatic heterocycles. The molecule has 0 saturated carbocycles. The average molecular weight is 461 g/mol. The van der Waals surface area contributed by atoms with Gasteiger partial charge in [-0.05, 0) is 52.4 Å². The van der Waals surface area contributed by atoms with E-state index >= 15 is 0 Å². The summed E-state index contributed by atoms with van der Waals surface area (Å²) in [7, 11) is 0. The zero-order chi connectivity index (χ0) is 26.1. The summed E-state index contributed by atoms with van der Waals surface area (Å²) >= 11 is 0. The maximum absolute atomic E-state index is 11.8. The van der Waals surface area contributed by atoms with Gasteiger partial charge in [0.1, 0.15) is 12.2 Å². The van der Waals surface area contributed by atoms with Crippen molar-refractivity contribution in [3.8, 4) is 0 Å². The smallest absolute Gasteiger partial charge is 0.350 e. The molecule has 0 rings (SSSR count). The van der Waals surface area contributed by atoms with Crippen molar-refractivity contribution in [2.45, 2.75) is 120 Å². The zero-order valence-corrected chi connectivity index (χ0v) is 22.2. The Balaban J connectivity index is 0. The second-order valence-electron chi connectivity index (χ2n) is 10.2. The van der Waals surface area contributed by atoms with Crippen molar-refractivity contribution in [1.82, 2.24) is 0 Å². The molecule has 0 saturated heterocycles. The molecule has 0 aromatic rings. The van der Waals surface area contributed by atoms with E-state index in [1.165, 1.54) is 41.5 Å². The monoisotopic (exact) mass is 460 g/mol. The highest BCUT2D eigenvalue weighted by Gasteiger charge is 2.36. The summed E-state index contributed by atoms with van der Waals surface area (Å²) < 4.78 is 20.4. The van der Waals surface area contributed by atoms with Gasteiger partial charge >= 0.3 is 23.9 Å². The van der Waals surface area contributed by atoms with Gasteiger partial charge in [-0.15, -0.1) is 0 Å². The Kier molecular flexibility index (Phi) is 12.8. The van der Waals surface area contributed by atoms with Crippen molar-refractivity contribution in [3.63, 3.8) is 0 Å². The van der Waals surface area contributed by atoms with E-state index in [-0.39, 0.29) is 23.5 Å². The Labute approximate surface area is 193 Å².